The standard InChI is InChI=1S/C15H23NO3/c1-11(15-13(17)7-4-8-14(15)18)16-9-10-19-12-5-2-3-6-12/h4,7-8,11-12,16-18H,2-3,5-6,9-10H2,1H3. The van der Waals surface area contributed by atoms with Crippen LogP contribution in [0.5, 0.6) is 11.5 Å². The van der Waals surface area contributed by atoms with E-state index in [-0.39, 0.29) is 17.5 Å². The minimum absolute atomic E-state index is 0.103. The number of hydrogen-bond donors (Lipinski definition) is 3. The zero-order valence-electron chi connectivity index (χ0n) is 11.4. The van der Waals surface area contributed by atoms with Crippen LogP contribution in [0.2, 0.25) is 0 Å². The Morgan fingerprint density at radius 1 is 1.26 bits per heavy atom. The maximum Gasteiger partial charge on any atom is 0.124 e. The second kappa shape index (κ2) is 6.78. The van der Waals surface area contributed by atoms with Gasteiger partial charge in [0.2, 0.25) is 0 Å². The Hall–Kier alpha value is -1.26. The van der Waals surface area contributed by atoms with E-state index in [0.717, 1.165) is 0 Å². The van der Waals surface area contributed by atoms with E-state index in [0.29, 0.717) is 24.8 Å². The maximum absolute atomic E-state index is 9.76. The van der Waals surface area contributed by atoms with Gasteiger partial charge in [-0.2, -0.15) is 0 Å². The van der Waals surface area contributed by atoms with Gasteiger partial charge in [-0.15, -0.1) is 0 Å². The van der Waals surface area contributed by atoms with Gasteiger partial charge < -0.3 is 20.3 Å². The van der Waals surface area contributed by atoms with Crippen molar-refractivity contribution >= 4 is 0 Å². The first kappa shape index (κ1) is 14.2. The van der Waals surface area contributed by atoms with E-state index in [1.54, 1.807) is 18.2 Å². The highest BCUT2D eigenvalue weighted by atomic mass is 16.5. The van der Waals surface area contributed by atoms with Crippen molar-refractivity contribution in [2.24, 2.45) is 0 Å². The summed E-state index contributed by atoms with van der Waals surface area (Å²) in [7, 11) is 0. The van der Waals surface area contributed by atoms with Gasteiger partial charge in [0.1, 0.15) is 11.5 Å². The Bertz CT molecular complexity index is 382. The number of benzene rings is 1. The number of phenols is 2. The van der Waals surface area contributed by atoms with Crippen molar-refractivity contribution < 1.29 is 14.9 Å². The molecule has 1 fully saturated rings. The minimum atomic E-state index is -0.103. The van der Waals surface area contributed by atoms with Crippen molar-refractivity contribution in [2.75, 3.05) is 13.2 Å². The number of ether oxygens (including phenoxy) is 1. The lowest BCUT2D eigenvalue weighted by atomic mass is 10.1. The van der Waals surface area contributed by atoms with Gasteiger partial charge in [-0.3, -0.25) is 0 Å². The predicted molar refractivity (Wildman–Crippen MR) is 74.4 cm³/mol. The molecule has 1 aromatic carbocycles. The molecule has 0 aromatic heterocycles. The summed E-state index contributed by atoms with van der Waals surface area (Å²) in [5.41, 5.74) is 0.545. The number of hydrogen-bond acceptors (Lipinski definition) is 4. The molecule has 1 aliphatic rings. The highest BCUT2D eigenvalue weighted by molar-refractivity contribution is 5.44. The third-order valence-corrected chi connectivity index (χ3v) is 3.70. The average molecular weight is 265 g/mol. The lowest BCUT2D eigenvalue weighted by Crippen LogP contribution is -2.25. The normalized spacial score (nSPS) is 17.7. The second-order valence-electron chi connectivity index (χ2n) is 5.16. The molecule has 3 N–H and O–H groups in total. The fourth-order valence-electron chi connectivity index (χ4n) is 2.64. The quantitative estimate of drug-likeness (QED) is 0.692. The first-order chi connectivity index (χ1) is 9.18. The molecule has 1 aliphatic carbocycles. The van der Waals surface area contributed by atoms with Crippen LogP contribution in [0.3, 0.4) is 0 Å². The molecular formula is C15H23NO3. The minimum Gasteiger partial charge on any atom is -0.507 e. The molecule has 0 saturated heterocycles. The first-order valence-corrected chi connectivity index (χ1v) is 7.04. The lowest BCUT2D eigenvalue weighted by molar-refractivity contribution is 0.0593. The summed E-state index contributed by atoms with van der Waals surface area (Å²) in [4.78, 5) is 0. The molecule has 19 heavy (non-hydrogen) atoms. The molecule has 0 radical (unpaired) electrons. The average Bonchev–Trinajstić information content (AvgIpc) is 2.87. The molecule has 1 atom stereocenters. The van der Waals surface area contributed by atoms with Crippen LogP contribution in [0.25, 0.3) is 0 Å². The summed E-state index contributed by atoms with van der Waals surface area (Å²) in [6.07, 6.45) is 5.34. The number of aromatic hydroxyl groups is 2. The zero-order valence-corrected chi connectivity index (χ0v) is 11.4. The van der Waals surface area contributed by atoms with Crippen LogP contribution >= 0.6 is 0 Å². The Balaban J connectivity index is 1.76. The summed E-state index contributed by atoms with van der Waals surface area (Å²) in [6.45, 7) is 3.30. The van der Waals surface area contributed by atoms with Gasteiger partial charge >= 0.3 is 0 Å². The molecule has 4 nitrogen and oxygen atoms in total. The van der Waals surface area contributed by atoms with Crippen molar-refractivity contribution in [1.82, 2.24) is 5.32 Å². The van der Waals surface area contributed by atoms with Gasteiger partial charge in [-0.05, 0) is 31.9 Å². The lowest BCUT2D eigenvalue weighted by Gasteiger charge is -2.18. The molecular weight excluding hydrogens is 242 g/mol. The molecule has 0 heterocycles. The van der Waals surface area contributed by atoms with Crippen molar-refractivity contribution in [3.05, 3.63) is 23.8 Å². The van der Waals surface area contributed by atoms with Crippen LogP contribution in [0, 0.1) is 0 Å². The largest absolute Gasteiger partial charge is 0.507 e. The van der Waals surface area contributed by atoms with Gasteiger partial charge in [-0.1, -0.05) is 18.9 Å². The smallest absolute Gasteiger partial charge is 0.124 e. The summed E-state index contributed by atoms with van der Waals surface area (Å²) in [5, 5.41) is 22.8. The highest BCUT2D eigenvalue weighted by Gasteiger charge is 2.16. The fourth-order valence-corrected chi connectivity index (χ4v) is 2.64. The van der Waals surface area contributed by atoms with Gasteiger partial charge in [0.15, 0.2) is 0 Å². The van der Waals surface area contributed by atoms with E-state index in [9.17, 15) is 10.2 Å². The van der Waals surface area contributed by atoms with E-state index in [2.05, 4.69) is 5.32 Å². The molecule has 0 bridgehead atoms. The molecule has 106 valence electrons. The van der Waals surface area contributed by atoms with Gasteiger partial charge in [0, 0.05) is 12.6 Å². The summed E-state index contributed by atoms with van der Waals surface area (Å²) < 4.78 is 5.76. The van der Waals surface area contributed by atoms with Gasteiger partial charge in [0.05, 0.1) is 18.3 Å². The van der Waals surface area contributed by atoms with E-state index < -0.39 is 0 Å². The van der Waals surface area contributed by atoms with Crippen molar-refractivity contribution in [1.29, 1.82) is 0 Å². The predicted octanol–water partition coefficient (Wildman–Crippen LogP) is 2.71. The Morgan fingerprint density at radius 3 is 2.53 bits per heavy atom. The van der Waals surface area contributed by atoms with E-state index in [4.69, 9.17) is 4.74 Å². The molecule has 1 unspecified atom stereocenters. The van der Waals surface area contributed by atoms with Crippen LogP contribution in [0.4, 0.5) is 0 Å². The Kier molecular flexibility index (Phi) is 5.05. The molecule has 4 heteroatoms. The van der Waals surface area contributed by atoms with Crippen LogP contribution in [0.15, 0.2) is 18.2 Å². The molecule has 1 aromatic rings. The summed E-state index contributed by atoms with van der Waals surface area (Å²) in [5.74, 6) is 0.244. The van der Waals surface area contributed by atoms with Gasteiger partial charge in [-0.25, -0.2) is 0 Å². The van der Waals surface area contributed by atoms with Gasteiger partial charge in [0.25, 0.3) is 0 Å². The van der Waals surface area contributed by atoms with E-state index in [1.165, 1.54) is 25.7 Å². The van der Waals surface area contributed by atoms with Crippen LogP contribution in [0.1, 0.15) is 44.2 Å². The molecule has 1 saturated carbocycles. The molecule has 0 aliphatic heterocycles. The Morgan fingerprint density at radius 2 is 1.89 bits per heavy atom. The summed E-state index contributed by atoms with van der Waals surface area (Å²) >= 11 is 0. The van der Waals surface area contributed by atoms with E-state index >= 15 is 0 Å². The van der Waals surface area contributed by atoms with Crippen molar-refractivity contribution in [3.63, 3.8) is 0 Å². The number of nitrogens with one attached hydrogen (secondary N) is 1. The Labute approximate surface area is 114 Å². The topological polar surface area (TPSA) is 61.7 Å². The van der Waals surface area contributed by atoms with Crippen molar-refractivity contribution in [2.45, 2.75) is 44.8 Å². The summed E-state index contributed by atoms with van der Waals surface area (Å²) in [6, 6.07) is 4.70. The molecule has 0 amide bonds. The van der Waals surface area contributed by atoms with E-state index in [1.807, 2.05) is 6.92 Å². The third kappa shape index (κ3) is 3.85. The monoisotopic (exact) mass is 265 g/mol. The van der Waals surface area contributed by atoms with Crippen LogP contribution in [-0.2, 0) is 4.74 Å². The second-order valence-corrected chi connectivity index (χ2v) is 5.16. The van der Waals surface area contributed by atoms with Crippen molar-refractivity contribution in [3.8, 4) is 11.5 Å². The number of rotatable bonds is 6. The third-order valence-electron chi connectivity index (χ3n) is 3.70. The highest BCUT2D eigenvalue weighted by Crippen LogP contribution is 2.31. The SMILES string of the molecule is CC(NCCOC1CCCC1)c1c(O)cccc1O. The van der Waals surface area contributed by atoms with Crippen LogP contribution < -0.4 is 5.32 Å². The molecule has 2 rings (SSSR count). The first-order valence-electron chi connectivity index (χ1n) is 7.04. The van der Waals surface area contributed by atoms with Crippen LogP contribution in [-0.4, -0.2) is 29.5 Å². The number of phenolic OH excluding ortho intramolecular Hbond substituents is 2. The molecule has 0 spiro atoms. The maximum atomic E-state index is 9.76. The zero-order chi connectivity index (χ0) is 13.7. The fraction of sp³-hybridized carbons (Fsp3) is 0.600.